The number of rotatable bonds is 12. The number of allylic oxidation sites excluding steroid dienone is 2. The molecule has 0 spiro atoms. The summed E-state index contributed by atoms with van der Waals surface area (Å²) in [5.74, 6) is 1.57. The molecule has 0 unspecified atom stereocenters. The largest absolute Gasteiger partial charge is 0.497 e. The molecule has 0 aliphatic rings. The van der Waals surface area contributed by atoms with Gasteiger partial charge in [-0.1, -0.05) is 126 Å². The molecule has 0 bridgehead atoms. The Bertz CT molecular complexity index is 2090. The van der Waals surface area contributed by atoms with Crippen LogP contribution >= 0.6 is 0 Å². The number of hydrogen-bond donors (Lipinski definition) is 0. The van der Waals surface area contributed by atoms with Crippen LogP contribution < -0.4 is 14.4 Å². The molecule has 0 amide bonds. The van der Waals surface area contributed by atoms with Gasteiger partial charge in [0.2, 0.25) is 0 Å². The van der Waals surface area contributed by atoms with Crippen molar-refractivity contribution in [1.29, 1.82) is 0 Å². The van der Waals surface area contributed by atoms with Gasteiger partial charge in [0, 0.05) is 28.7 Å². The third-order valence-corrected chi connectivity index (χ3v) is 8.82. The average Bonchev–Trinajstić information content (AvgIpc) is 3.18. The Labute approximate surface area is 301 Å². The quantitative estimate of drug-likeness (QED) is 0.0962. The van der Waals surface area contributed by atoms with Gasteiger partial charge in [0.15, 0.2) is 0 Å². The second kappa shape index (κ2) is 16.3. The first kappa shape index (κ1) is 34.5. The fourth-order valence-electron chi connectivity index (χ4n) is 5.82. The van der Waals surface area contributed by atoms with Crippen LogP contribution in [0.5, 0.6) is 11.5 Å². The highest BCUT2D eigenvalue weighted by Gasteiger charge is 2.13. The van der Waals surface area contributed by atoms with Gasteiger partial charge >= 0.3 is 0 Å². The molecule has 0 saturated carbocycles. The smallest absolute Gasteiger partial charge is 0.150 e. The first-order valence-electron chi connectivity index (χ1n) is 16.9. The fraction of sp³-hybridized carbons (Fsp3) is 0.0851. The van der Waals surface area contributed by atoms with Crippen molar-refractivity contribution in [3.05, 3.63) is 208 Å². The highest BCUT2D eigenvalue weighted by atomic mass is 16.5. The summed E-state index contributed by atoms with van der Waals surface area (Å²) in [6.45, 7) is 4.22. The Kier molecular flexibility index (Phi) is 11.0. The number of carbonyl (C=O) groups excluding carboxylic acids is 1. The summed E-state index contributed by atoms with van der Waals surface area (Å²) in [5, 5.41) is 0. The van der Waals surface area contributed by atoms with E-state index in [0.29, 0.717) is 5.56 Å². The van der Waals surface area contributed by atoms with E-state index in [2.05, 4.69) is 116 Å². The molecule has 0 fully saturated rings. The summed E-state index contributed by atoms with van der Waals surface area (Å²) in [7, 11) is 3.33. The van der Waals surface area contributed by atoms with Crippen LogP contribution in [-0.4, -0.2) is 20.5 Å². The van der Waals surface area contributed by atoms with E-state index in [1.165, 1.54) is 27.8 Å². The molecule has 0 aliphatic carbocycles. The topological polar surface area (TPSA) is 38.8 Å². The van der Waals surface area contributed by atoms with Crippen LogP contribution in [0.2, 0.25) is 0 Å². The third kappa shape index (κ3) is 8.62. The van der Waals surface area contributed by atoms with E-state index in [-0.39, 0.29) is 0 Å². The lowest BCUT2D eigenvalue weighted by molar-refractivity contribution is 0.112. The molecule has 0 heterocycles. The zero-order valence-electron chi connectivity index (χ0n) is 29.4. The Morgan fingerprint density at radius 1 is 0.490 bits per heavy atom. The molecule has 4 heteroatoms. The molecule has 51 heavy (non-hydrogen) atoms. The maximum Gasteiger partial charge on any atom is 0.150 e. The van der Waals surface area contributed by atoms with Crippen molar-refractivity contribution in [1.82, 2.24) is 0 Å². The number of carbonyl (C=O) groups is 1. The fourth-order valence-corrected chi connectivity index (χ4v) is 5.82. The van der Waals surface area contributed by atoms with Crippen molar-refractivity contribution in [2.75, 3.05) is 19.1 Å². The Balaban J connectivity index is 1.38. The number of ether oxygens (including phenoxy) is 2. The Morgan fingerprint density at radius 2 is 0.882 bits per heavy atom. The van der Waals surface area contributed by atoms with Gasteiger partial charge in [-0.2, -0.15) is 0 Å². The van der Waals surface area contributed by atoms with E-state index in [1.807, 2.05) is 72.8 Å². The molecule has 4 nitrogen and oxygen atoms in total. The minimum atomic E-state index is 0.628. The van der Waals surface area contributed by atoms with Crippen molar-refractivity contribution >= 4 is 34.9 Å². The van der Waals surface area contributed by atoms with E-state index in [4.69, 9.17) is 9.47 Å². The minimum absolute atomic E-state index is 0.628. The summed E-state index contributed by atoms with van der Waals surface area (Å²) < 4.78 is 10.9. The number of benzene rings is 6. The van der Waals surface area contributed by atoms with Crippen molar-refractivity contribution in [3.8, 4) is 11.5 Å². The van der Waals surface area contributed by atoms with Crippen molar-refractivity contribution in [3.63, 3.8) is 0 Å². The first-order valence-corrected chi connectivity index (χ1v) is 16.9. The molecule has 0 radical (unpaired) electrons. The van der Waals surface area contributed by atoms with E-state index in [0.717, 1.165) is 51.4 Å². The van der Waals surface area contributed by atoms with Gasteiger partial charge in [-0.15, -0.1) is 0 Å². The van der Waals surface area contributed by atoms with Crippen LogP contribution in [0.1, 0.15) is 49.3 Å². The molecule has 6 aromatic carbocycles. The summed E-state index contributed by atoms with van der Waals surface area (Å²) in [6.07, 6.45) is 9.45. The maximum atomic E-state index is 11.5. The van der Waals surface area contributed by atoms with Gasteiger partial charge < -0.3 is 14.4 Å². The summed E-state index contributed by atoms with van der Waals surface area (Å²) in [5.41, 5.74) is 12.7. The Morgan fingerprint density at radius 3 is 1.35 bits per heavy atom. The lowest BCUT2D eigenvalue weighted by Crippen LogP contribution is -2.10. The predicted octanol–water partition coefficient (Wildman–Crippen LogP) is 11.5. The van der Waals surface area contributed by atoms with E-state index < -0.39 is 0 Å². The normalized spacial score (nSPS) is 11.3. The lowest BCUT2D eigenvalue weighted by atomic mass is 9.96. The van der Waals surface area contributed by atoms with E-state index in [9.17, 15) is 4.79 Å². The number of anilines is 2. The van der Waals surface area contributed by atoms with Gasteiger partial charge in [0.05, 0.1) is 14.2 Å². The number of hydrogen-bond acceptors (Lipinski definition) is 4. The standard InChI is InChI=1S/C47H41NO3/c1-34-8-16-38(17-9-34)46(39-18-10-35(2)11-19-39)7-5-6-36-14-24-42(25-15-36)48(43-26-30-45(51-4)31-27-43)32-47(40-20-12-37(33-49)13-21-40)41-22-28-44(50-3)29-23-41/h5-33H,1-4H3/b6-5?,47-32+. The molecule has 0 atom stereocenters. The molecule has 0 aromatic heterocycles. The minimum Gasteiger partial charge on any atom is -0.497 e. The zero-order chi connectivity index (χ0) is 35.6. The van der Waals surface area contributed by atoms with Gasteiger partial charge in [-0.05, 0) is 95.8 Å². The van der Waals surface area contributed by atoms with Crippen molar-refractivity contribution < 1.29 is 14.3 Å². The SMILES string of the molecule is COc1ccc(/C(=C/N(c2ccc(C=CC=C(c3ccc(C)cc3)c3ccc(C)cc3)cc2)c2ccc(OC)cc2)c2ccc(C=O)cc2)cc1. The van der Waals surface area contributed by atoms with Crippen LogP contribution in [0.3, 0.4) is 0 Å². The van der Waals surface area contributed by atoms with Crippen LogP contribution in [0, 0.1) is 13.8 Å². The number of nitrogens with zero attached hydrogens (tertiary/aromatic N) is 1. The van der Waals surface area contributed by atoms with E-state index >= 15 is 0 Å². The Hall–Kier alpha value is -6.39. The molecule has 252 valence electrons. The number of aryl methyl sites for hydroxylation is 2. The predicted molar refractivity (Wildman–Crippen MR) is 212 cm³/mol. The highest BCUT2D eigenvalue weighted by molar-refractivity contribution is 5.86. The summed E-state index contributed by atoms with van der Waals surface area (Å²) >= 11 is 0. The van der Waals surface area contributed by atoms with Crippen LogP contribution in [0.15, 0.2) is 164 Å². The molecule has 6 rings (SSSR count). The lowest BCUT2D eigenvalue weighted by Gasteiger charge is -2.24. The maximum absolute atomic E-state index is 11.5. The molecular formula is C47H41NO3. The molecule has 0 saturated heterocycles. The number of methoxy groups -OCH3 is 2. The van der Waals surface area contributed by atoms with Crippen LogP contribution in [-0.2, 0) is 0 Å². The van der Waals surface area contributed by atoms with E-state index in [1.54, 1.807) is 14.2 Å². The van der Waals surface area contributed by atoms with Crippen molar-refractivity contribution in [2.24, 2.45) is 0 Å². The van der Waals surface area contributed by atoms with Gasteiger partial charge in [-0.25, -0.2) is 0 Å². The summed E-state index contributed by atoms with van der Waals surface area (Å²) in [6, 6.07) is 49.6. The molecule has 6 aromatic rings. The van der Waals surface area contributed by atoms with Gasteiger partial charge in [0.1, 0.15) is 17.8 Å². The average molecular weight is 668 g/mol. The molecule has 0 aliphatic heterocycles. The second-order valence-electron chi connectivity index (χ2n) is 12.3. The monoisotopic (exact) mass is 667 g/mol. The van der Waals surface area contributed by atoms with Crippen molar-refractivity contribution in [2.45, 2.75) is 13.8 Å². The van der Waals surface area contributed by atoms with Gasteiger partial charge in [0.25, 0.3) is 0 Å². The highest BCUT2D eigenvalue weighted by Crippen LogP contribution is 2.34. The van der Waals surface area contributed by atoms with Crippen LogP contribution in [0.25, 0.3) is 17.2 Å². The van der Waals surface area contributed by atoms with Crippen LogP contribution in [0.4, 0.5) is 11.4 Å². The second-order valence-corrected chi connectivity index (χ2v) is 12.3. The number of aldehydes is 1. The van der Waals surface area contributed by atoms with Gasteiger partial charge in [-0.3, -0.25) is 4.79 Å². The molecular weight excluding hydrogens is 627 g/mol. The zero-order valence-corrected chi connectivity index (χ0v) is 29.4. The first-order chi connectivity index (χ1) is 24.9. The summed E-state index contributed by atoms with van der Waals surface area (Å²) in [4.78, 5) is 13.6. The third-order valence-electron chi connectivity index (χ3n) is 8.82. The molecule has 0 N–H and O–H groups in total.